The van der Waals surface area contributed by atoms with E-state index in [1.54, 1.807) is 0 Å². The molecule has 2 heterocycles. The molecule has 6 nitrogen and oxygen atoms in total. The molecule has 2 rings (SSSR count). The summed E-state index contributed by atoms with van der Waals surface area (Å²) in [6.45, 7) is 12.2. The smallest absolute Gasteiger partial charge is 0.161 e. The van der Waals surface area contributed by atoms with Gasteiger partial charge >= 0.3 is 0 Å². The largest absolute Gasteiger partial charge is 0.368 e. The van der Waals surface area contributed by atoms with E-state index >= 15 is 0 Å². The third-order valence-electron chi connectivity index (χ3n) is 3.64. The Balaban J connectivity index is 2.25. The van der Waals surface area contributed by atoms with E-state index in [2.05, 4.69) is 43.0 Å². The zero-order valence-corrected chi connectivity index (χ0v) is 13.5. The van der Waals surface area contributed by atoms with Gasteiger partial charge in [-0.2, -0.15) is 0 Å². The van der Waals surface area contributed by atoms with E-state index in [0.717, 1.165) is 44.2 Å². The summed E-state index contributed by atoms with van der Waals surface area (Å²) < 4.78 is 5.87. The van der Waals surface area contributed by atoms with Crippen LogP contribution in [0.4, 0.5) is 5.82 Å². The summed E-state index contributed by atoms with van der Waals surface area (Å²) in [5, 5.41) is 0. The van der Waals surface area contributed by atoms with Gasteiger partial charge in [0, 0.05) is 24.6 Å². The normalized spacial score (nSPS) is 20.5. The van der Waals surface area contributed by atoms with E-state index in [4.69, 9.17) is 15.6 Å². The molecule has 3 N–H and O–H groups in total. The maximum absolute atomic E-state index is 5.87. The van der Waals surface area contributed by atoms with Crippen LogP contribution in [-0.4, -0.2) is 41.1 Å². The first-order chi connectivity index (χ1) is 9.94. The second-order valence-corrected chi connectivity index (χ2v) is 6.55. The number of nitrogens with two attached hydrogens (primary N) is 1. The SMILES string of the molecule is CCCN1CCOC(c2nc(NN)cc(C(C)(C)C)n2)C1. The van der Waals surface area contributed by atoms with E-state index in [1.807, 2.05) is 6.07 Å². The van der Waals surface area contributed by atoms with Crippen LogP contribution >= 0.6 is 0 Å². The van der Waals surface area contributed by atoms with Crippen molar-refractivity contribution in [2.45, 2.75) is 45.6 Å². The van der Waals surface area contributed by atoms with Gasteiger partial charge in [-0.15, -0.1) is 0 Å². The van der Waals surface area contributed by atoms with Crippen LogP contribution in [0.3, 0.4) is 0 Å². The summed E-state index contributed by atoms with van der Waals surface area (Å²) in [5.41, 5.74) is 3.55. The Morgan fingerprint density at radius 2 is 2.19 bits per heavy atom. The number of rotatable bonds is 4. The van der Waals surface area contributed by atoms with Gasteiger partial charge < -0.3 is 10.2 Å². The molecule has 1 fully saturated rings. The highest BCUT2D eigenvalue weighted by Crippen LogP contribution is 2.26. The number of nitrogen functional groups attached to an aromatic ring is 1. The molecule has 0 bridgehead atoms. The molecule has 1 aromatic heterocycles. The van der Waals surface area contributed by atoms with Crippen molar-refractivity contribution in [3.05, 3.63) is 17.6 Å². The highest BCUT2D eigenvalue weighted by molar-refractivity contribution is 5.37. The van der Waals surface area contributed by atoms with Gasteiger partial charge in [0.05, 0.1) is 12.3 Å². The van der Waals surface area contributed by atoms with E-state index in [1.165, 1.54) is 0 Å². The molecule has 1 aliphatic heterocycles. The lowest BCUT2D eigenvalue weighted by Crippen LogP contribution is -2.39. The molecule has 1 aliphatic rings. The number of nitrogens with one attached hydrogen (secondary N) is 1. The molecule has 1 saturated heterocycles. The lowest BCUT2D eigenvalue weighted by Gasteiger charge is -2.32. The second-order valence-electron chi connectivity index (χ2n) is 6.55. The first-order valence-electron chi connectivity index (χ1n) is 7.64. The Hall–Kier alpha value is -1.24. The van der Waals surface area contributed by atoms with Crippen molar-refractivity contribution in [1.29, 1.82) is 0 Å². The number of hydrazine groups is 1. The monoisotopic (exact) mass is 293 g/mol. The number of hydrogen-bond donors (Lipinski definition) is 2. The molecule has 0 saturated carbocycles. The maximum Gasteiger partial charge on any atom is 0.161 e. The number of nitrogens with zero attached hydrogens (tertiary/aromatic N) is 3. The second kappa shape index (κ2) is 6.68. The fourth-order valence-electron chi connectivity index (χ4n) is 2.45. The Morgan fingerprint density at radius 1 is 1.43 bits per heavy atom. The van der Waals surface area contributed by atoms with Crippen molar-refractivity contribution in [2.75, 3.05) is 31.7 Å². The quantitative estimate of drug-likeness (QED) is 0.651. The number of hydrogen-bond acceptors (Lipinski definition) is 6. The third kappa shape index (κ3) is 4.12. The van der Waals surface area contributed by atoms with Crippen LogP contribution in [0.5, 0.6) is 0 Å². The zero-order valence-electron chi connectivity index (χ0n) is 13.5. The van der Waals surface area contributed by atoms with Gasteiger partial charge in [0.1, 0.15) is 11.9 Å². The summed E-state index contributed by atoms with van der Waals surface area (Å²) in [6.07, 6.45) is 1.06. The molecule has 0 radical (unpaired) electrons. The van der Waals surface area contributed by atoms with Crippen LogP contribution in [0.1, 0.15) is 51.7 Å². The van der Waals surface area contributed by atoms with Crippen molar-refractivity contribution in [2.24, 2.45) is 5.84 Å². The van der Waals surface area contributed by atoms with Crippen molar-refractivity contribution in [3.63, 3.8) is 0 Å². The third-order valence-corrected chi connectivity index (χ3v) is 3.64. The number of anilines is 1. The lowest BCUT2D eigenvalue weighted by atomic mass is 9.92. The Kier molecular flexibility index (Phi) is 5.13. The first kappa shape index (κ1) is 16.1. The first-order valence-corrected chi connectivity index (χ1v) is 7.64. The molecule has 1 unspecified atom stereocenters. The Labute approximate surface area is 127 Å². The molecular formula is C15H27N5O. The topological polar surface area (TPSA) is 76.3 Å². The van der Waals surface area contributed by atoms with E-state index < -0.39 is 0 Å². The van der Waals surface area contributed by atoms with Gasteiger partial charge in [-0.3, -0.25) is 4.90 Å². The van der Waals surface area contributed by atoms with Crippen LogP contribution in [-0.2, 0) is 10.2 Å². The summed E-state index contributed by atoms with van der Waals surface area (Å²) in [4.78, 5) is 11.6. The standard InChI is InChI=1S/C15H27N5O/c1-5-6-20-7-8-21-11(10-20)14-17-12(15(2,3)4)9-13(18-14)19-16/h9,11H,5-8,10,16H2,1-4H3,(H,17,18,19). The molecular weight excluding hydrogens is 266 g/mol. The average Bonchev–Trinajstić information content (AvgIpc) is 2.46. The molecule has 1 aromatic rings. The van der Waals surface area contributed by atoms with Crippen molar-refractivity contribution >= 4 is 5.82 Å². The predicted molar refractivity (Wildman–Crippen MR) is 84.0 cm³/mol. The van der Waals surface area contributed by atoms with E-state index in [-0.39, 0.29) is 11.5 Å². The summed E-state index contributed by atoms with van der Waals surface area (Å²) in [6, 6.07) is 1.90. The summed E-state index contributed by atoms with van der Waals surface area (Å²) >= 11 is 0. The average molecular weight is 293 g/mol. The van der Waals surface area contributed by atoms with E-state index in [0.29, 0.717) is 5.82 Å². The highest BCUT2D eigenvalue weighted by Gasteiger charge is 2.26. The fourth-order valence-corrected chi connectivity index (χ4v) is 2.45. The van der Waals surface area contributed by atoms with Crippen molar-refractivity contribution < 1.29 is 4.74 Å². The zero-order chi connectivity index (χ0) is 15.5. The lowest BCUT2D eigenvalue weighted by molar-refractivity contribution is -0.0343. The van der Waals surface area contributed by atoms with Crippen LogP contribution in [0.15, 0.2) is 6.07 Å². The minimum Gasteiger partial charge on any atom is -0.368 e. The summed E-state index contributed by atoms with van der Waals surface area (Å²) in [5.74, 6) is 6.90. The predicted octanol–water partition coefficient (Wildman–Crippen LogP) is 1.84. The van der Waals surface area contributed by atoms with Crippen LogP contribution < -0.4 is 11.3 Å². The molecule has 0 amide bonds. The Morgan fingerprint density at radius 3 is 2.81 bits per heavy atom. The maximum atomic E-state index is 5.87. The molecule has 0 aliphatic carbocycles. The minimum atomic E-state index is -0.0836. The Bertz CT molecular complexity index is 470. The van der Waals surface area contributed by atoms with Gasteiger partial charge in [-0.25, -0.2) is 15.8 Å². The molecule has 21 heavy (non-hydrogen) atoms. The van der Waals surface area contributed by atoms with Crippen LogP contribution in [0.2, 0.25) is 0 Å². The van der Waals surface area contributed by atoms with Gasteiger partial charge in [-0.05, 0) is 13.0 Å². The van der Waals surface area contributed by atoms with E-state index in [9.17, 15) is 0 Å². The minimum absolute atomic E-state index is 0.0545. The van der Waals surface area contributed by atoms with Gasteiger partial charge in [0.2, 0.25) is 0 Å². The van der Waals surface area contributed by atoms with Gasteiger partial charge in [0.15, 0.2) is 5.82 Å². The van der Waals surface area contributed by atoms with Crippen LogP contribution in [0, 0.1) is 0 Å². The molecule has 0 spiro atoms. The molecule has 6 heteroatoms. The molecule has 118 valence electrons. The van der Waals surface area contributed by atoms with Crippen LogP contribution in [0.25, 0.3) is 0 Å². The molecule has 1 atom stereocenters. The number of morpholine rings is 1. The fraction of sp³-hybridized carbons (Fsp3) is 0.733. The summed E-state index contributed by atoms with van der Waals surface area (Å²) in [7, 11) is 0. The number of aromatic nitrogens is 2. The van der Waals surface area contributed by atoms with Crippen molar-refractivity contribution in [1.82, 2.24) is 14.9 Å². The molecule has 0 aromatic carbocycles. The number of ether oxygens (including phenoxy) is 1. The van der Waals surface area contributed by atoms with Gasteiger partial charge in [-0.1, -0.05) is 27.7 Å². The highest BCUT2D eigenvalue weighted by atomic mass is 16.5. The van der Waals surface area contributed by atoms with Crippen molar-refractivity contribution in [3.8, 4) is 0 Å². The van der Waals surface area contributed by atoms with Gasteiger partial charge in [0.25, 0.3) is 0 Å².